The summed E-state index contributed by atoms with van der Waals surface area (Å²) in [6.45, 7) is 10.3. The van der Waals surface area contributed by atoms with Crippen LogP contribution in [0.1, 0.15) is 159 Å². The van der Waals surface area contributed by atoms with Gasteiger partial charge in [-0.15, -0.1) is 0 Å². The van der Waals surface area contributed by atoms with Gasteiger partial charge in [0.05, 0.1) is 0 Å². The lowest BCUT2D eigenvalue weighted by atomic mass is 9.72. The highest BCUT2D eigenvalue weighted by Gasteiger charge is 2.45. The third-order valence-electron chi connectivity index (χ3n) is 11.0. The smallest absolute Gasteiger partial charge is 0.0474 e. The van der Waals surface area contributed by atoms with E-state index in [9.17, 15) is 0 Å². The minimum Gasteiger partial charge on any atom is -0.341 e. The first-order valence-corrected chi connectivity index (χ1v) is 19.5. The molecule has 46 heavy (non-hydrogen) atoms. The molecule has 3 aromatic rings. The summed E-state index contributed by atoms with van der Waals surface area (Å²) in [5.41, 5.74) is 13.4. The third-order valence-corrected chi connectivity index (χ3v) is 11.0. The van der Waals surface area contributed by atoms with Crippen molar-refractivity contribution >= 4 is 34.1 Å². The molecule has 0 N–H and O–H groups in total. The van der Waals surface area contributed by atoms with Crippen LogP contribution in [0.25, 0.3) is 0 Å². The largest absolute Gasteiger partial charge is 0.341 e. The number of hydrogen-bond acceptors (Lipinski definition) is 3. The van der Waals surface area contributed by atoms with Crippen LogP contribution in [0.3, 0.4) is 0 Å². The molecule has 0 unspecified atom stereocenters. The van der Waals surface area contributed by atoms with E-state index in [-0.39, 0.29) is 0 Å². The number of unbranched alkanes of at least 4 members (excludes halogenated alkanes) is 15. The highest BCUT2D eigenvalue weighted by atomic mass is 15.2. The first kappa shape index (κ1) is 33.0. The second-order valence-corrected chi connectivity index (χ2v) is 14.3. The van der Waals surface area contributed by atoms with Gasteiger partial charge in [0, 0.05) is 76.4 Å². The summed E-state index contributed by atoms with van der Waals surface area (Å²) in [6, 6.07) is 21.6. The zero-order valence-electron chi connectivity index (χ0n) is 29.5. The van der Waals surface area contributed by atoms with Crippen LogP contribution in [0.5, 0.6) is 0 Å². The number of nitrogens with zero attached hydrogens (tertiary/aromatic N) is 3. The SMILES string of the molecule is CCCCCCCCN1c2cccc3c2C2c4c1cccc4N(CCCCCCCC)c1cccc(c12)N3CCCCCCCC. The van der Waals surface area contributed by atoms with Gasteiger partial charge in [0.25, 0.3) is 0 Å². The molecule has 0 saturated carbocycles. The van der Waals surface area contributed by atoms with Crippen molar-refractivity contribution in [1.29, 1.82) is 0 Å². The van der Waals surface area contributed by atoms with Crippen molar-refractivity contribution in [2.45, 2.75) is 142 Å². The van der Waals surface area contributed by atoms with Gasteiger partial charge in [-0.3, -0.25) is 0 Å². The standard InChI is InChI=1S/C43H61N3/c1-4-7-10-13-16-19-31-44-34-25-22-27-36-40(34)43-41-35(44)26-23-28-37(41)46(33-21-18-15-12-9-6-3)39-30-24-29-38(42(39)43)45(36)32-20-17-14-11-8-5-2/h22-30,43H,4-21,31-33H2,1-3H3. The van der Waals surface area contributed by atoms with Crippen LogP contribution in [0.15, 0.2) is 54.6 Å². The van der Waals surface area contributed by atoms with Crippen LogP contribution >= 0.6 is 0 Å². The van der Waals surface area contributed by atoms with Gasteiger partial charge in [0.2, 0.25) is 0 Å². The molecule has 3 aromatic carbocycles. The first-order chi connectivity index (χ1) is 22.8. The summed E-state index contributed by atoms with van der Waals surface area (Å²) in [4.78, 5) is 8.16. The van der Waals surface area contributed by atoms with Gasteiger partial charge in [-0.1, -0.05) is 135 Å². The fraction of sp³-hybridized carbons (Fsp3) is 0.581. The summed E-state index contributed by atoms with van der Waals surface area (Å²) < 4.78 is 0. The van der Waals surface area contributed by atoms with E-state index in [2.05, 4.69) is 90.1 Å². The van der Waals surface area contributed by atoms with Crippen LogP contribution in [0.2, 0.25) is 0 Å². The van der Waals surface area contributed by atoms with Gasteiger partial charge in [-0.25, -0.2) is 0 Å². The van der Waals surface area contributed by atoms with Gasteiger partial charge < -0.3 is 14.7 Å². The molecule has 0 bridgehead atoms. The van der Waals surface area contributed by atoms with Crippen molar-refractivity contribution in [3.8, 4) is 0 Å². The minimum absolute atomic E-state index is 0.325. The highest BCUT2D eigenvalue weighted by molar-refractivity contribution is 5.97. The molecule has 3 aliphatic heterocycles. The Balaban J connectivity index is 1.37. The molecule has 3 heteroatoms. The van der Waals surface area contributed by atoms with Crippen molar-refractivity contribution in [1.82, 2.24) is 0 Å². The zero-order chi connectivity index (χ0) is 31.7. The Morgan fingerprint density at radius 1 is 0.348 bits per heavy atom. The van der Waals surface area contributed by atoms with E-state index in [4.69, 9.17) is 0 Å². The molecule has 0 aliphatic carbocycles. The van der Waals surface area contributed by atoms with Crippen molar-refractivity contribution in [3.05, 3.63) is 71.3 Å². The average molecular weight is 620 g/mol. The molecule has 0 radical (unpaired) electrons. The van der Waals surface area contributed by atoms with Gasteiger partial charge >= 0.3 is 0 Å². The number of anilines is 6. The normalized spacial score (nSPS) is 14.3. The summed E-state index contributed by atoms with van der Waals surface area (Å²) in [7, 11) is 0. The van der Waals surface area contributed by atoms with Crippen molar-refractivity contribution < 1.29 is 0 Å². The summed E-state index contributed by atoms with van der Waals surface area (Å²) in [6.07, 6.45) is 24.0. The summed E-state index contributed by atoms with van der Waals surface area (Å²) in [5.74, 6) is 0.325. The van der Waals surface area contributed by atoms with E-state index in [0.717, 1.165) is 19.6 Å². The Morgan fingerprint density at radius 3 is 0.848 bits per heavy atom. The van der Waals surface area contributed by atoms with E-state index < -0.39 is 0 Å². The lowest BCUT2D eigenvalue weighted by molar-refractivity contribution is 0.603. The lowest BCUT2D eigenvalue weighted by Gasteiger charge is -2.50. The van der Waals surface area contributed by atoms with E-state index in [1.54, 1.807) is 16.7 Å². The molecule has 248 valence electrons. The molecule has 3 aliphatic rings. The summed E-state index contributed by atoms with van der Waals surface area (Å²) >= 11 is 0. The monoisotopic (exact) mass is 619 g/mol. The Kier molecular flexibility index (Phi) is 11.6. The Bertz CT molecular complexity index is 1170. The molecule has 0 atom stereocenters. The Labute approximate surface area is 281 Å². The Morgan fingerprint density at radius 2 is 0.587 bits per heavy atom. The first-order valence-electron chi connectivity index (χ1n) is 19.5. The highest BCUT2D eigenvalue weighted by Crippen LogP contribution is 2.63. The van der Waals surface area contributed by atoms with E-state index >= 15 is 0 Å². The fourth-order valence-corrected chi connectivity index (χ4v) is 8.62. The maximum absolute atomic E-state index is 2.72. The van der Waals surface area contributed by atoms with Gasteiger partial charge in [-0.05, 0) is 55.7 Å². The molecule has 0 fully saturated rings. The average Bonchev–Trinajstić information content (AvgIpc) is 3.08. The van der Waals surface area contributed by atoms with Crippen molar-refractivity contribution in [3.63, 3.8) is 0 Å². The second-order valence-electron chi connectivity index (χ2n) is 14.3. The Hall–Kier alpha value is -2.94. The van der Waals surface area contributed by atoms with Crippen LogP contribution in [-0.4, -0.2) is 19.6 Å². The second kappa shape index (κ2) is 16.2. The van der Waals surface area contributed by atoms with Crippen LogP contribution in [0.4, 0.5) is 34.1 Å². The molecule has 6 rings (SSSR count). The lowest BCUT2D eigenvalue weighted by Crippen LogP contribution is -2.38. The molecule has 0 spiro atoms. The molecule has 0 amide bonds. The maximum Gasteiger partial charge on any atom is 0.0474 e. The predicted molar refractivity (Wildman–Crippen MR) is 201 cm³/mol. The van der Waals surface area contributed by atoms with Crippen LogP contribution in [0, 0.1) is 0 Å². The molecular formula is C43H61N3. The van der Waals surface area contributed by atoms with E-state index in [1.807, 2.05) is 0 Å². The third kappa shape index (κ3) is 6.71. The number of hydrogen-bond donors (Lipinski definition) is 0. The van der Waals surface area contributed by atoms with Gasteiger partial charge in [0.15, 0.2) is 0 Å². The molecule has 0 aromatic heterocycles. The molecule has 3 heterocycles. The number of rotatable bonds is 21. The topological polar surface area (TPSA) is 9.72 Å². The van der Waals surface area contributed by atoms with Crippen LogP contribution < -0.4 is 14.7 Å². The van der Waals surface area contributed by atoms with E-state index in [0.29, 0.717) is 5.92 Å². The van der Waals surface area contributed by atoms with Crippen molar-refractivity contribution in [2.24, 2.45) is 0 Å². The fourth-order valence-electron chi connectivity index (χ4n) is 8.62. The van der Waals surface area contributed by atoms with E-state index in [1.165, 1.54) is 150 Å². The predicted octanol–water partition coefficient (Wildman–Crippen LogP) is 13.3. The van der Waals surface area contributed by atoms with Crippen molar-refractivity contribution in [2.75, 3.05) is 34.3 Å². The number of benzene rings is 3. The molecular weight excluding hydrogens is 558 g/mol. The summed E-state index contributed by atoms with van der Waals surface area (Å²) in [5, 5.41) is 0. The zero-order valence-corrected chi connectivity index (χ0v) is 29.5. The van der Waals surface area contributed by atoms with Gasteiger partial charge in [0.1, 0.15) is 0 Å². The molecule has 3 nitrogen and oxygen atoms in total. The van der Waals surface area contributed by atoms with Crippen LogP contribution in [-0.2, 0) is 0 Å². The van der Waals surface area contributed by atoms with Gasteiger partial charge in [-0.2, -0.15) is 0 Å². The minimum atomic E-state index is 0.325. The maximum atomic E-state index is 2.72. The molecule has 0 saturated heterocycles. The quantitative estimate of drug-likeness (QED) is 0.110.